The highest BCUT2D eigenvalue weighted by atomic mass is 79.9. The molecule has 0 saturated carbocycles. The first kappa shape index (κ1) is 11.1. The van der Waals surface area contributed by atoms with Crippen molar-refractivity contribution in [1.82, 2.24) is 4.90 Å². The molecule has 2 nitrogen and oxygen atoms in total. The Kier molecular flexibility index (Phi) is 3.44. The van der Waals surface area contributed by atoms with Gasteiger partial charge < -0.3 is 10.6 Å². The van der Waals surface area contributed by atoms with Crippen LogP contribution in [0.1, 0.15) is 23.5 Å². The summed E-state index contributed by atoms with van der Waals surface area (Å²) in [5.41, 5.74) is 8.23. The first-order valence-electron chi connectivity index (χ1n) is 5.37. The van der Waals surface area contributed by atoms with E-state index in [1.807, 2.05) is 0 Å². The van der Waals surface area contributed by atoms with Crippen molar-refractivity contribution < 1.29 is 0 Å². The lowest BCUT2D eigenvalue weighted by Crippen LogP contribution is -2.13. The number of benzene rings is 1. The van der Waals surface area contributed by atoms with E-state index in [4.69, 9.17) is 5.73 Å². The van der Waals surface area contributed by atoms with Crippen LogP contribution in [0.4, 0.5) is 0 Å². The summed E-state index contributed by atoms with van der Waals surface area (Å²) in [6, 6.07) is 6.50. The SMILES string of the molecule is CN1CCC(c2ccc(CN)cc2Br)C1. The van der Waals surface area contributed by atoms with Crippen LogP contribution >= 0.6 is 15.9 Å². The number of nitrogens with zero attached hydrogens (tertiary/aromatic N) is 1. The van der Waals surface area contributed by atoms with Crippen LogP contribution in [-0.2, 0) is 6.54 Å². The molecular weight excluding hydrogens is 252 g/mol. The average molecular weight is 269 g/mol. The minimum Gasteiger partial charge on any atom is -0.326 e. The van der Waals surface area contributed by atoms with Crippen LogP contribution in [-0.4, -0.2) is 25.0 Å². The maximum absolute atomic E-state index is 5.62. The molecule has 0 aromatic heterocycles. The fourth-order valence-electron chi connectivity index (χ4n) is 2.22. The summed E-state index contributed by atoms with van der Waals surface area (Å²) >= 11 is 3.64. The molecule has 2 N–H and O–H groups in total. The molecule has 0 radical (unpaired) electrons. The van der Waals surface area contributed by atoms with E-state index < -0.39 is 0 Å². The molecule has 3 heteroatoms. The largest absolute Gasteiger partial charge is 0.326 e. The number of hydrogen-bond acceptors (Lipinski definition) is 2. The Morgan fingerprint density at radius 1 is 1.53 bits per heavy atom. The molecule has 1 aliphatic rings. The van der Waals surface area contributed by atoms with E-state index in [2.05, 4.69) is 46.1 Å². The van der Waals surface area contributed by atoms with Crippen LogP contribution < -0.4 is 5.73 Å². The molecule has 0 aliphatic carbocycles. The fraction of sp³-hybridized carbons (Fsp3) is 0.500. The lowest BCUT2D eigenvalue weighted by Gasteiger charge is -2.13. The first-order chi connectivity index (χ1) is 7.20. The Balaban J connectivity index is 2.21. The molecule has 0 spiro atoms. The highest BCUT2D eigenvalue weighted by molar-refractivity contribution is 9.10. The fourth-order valence-corrected chi connectivity index (χ4v) is 2.97. The molecule has 1 fully saturated rings. The first-order valence-corrected chi connectivity index (χ1v) is 6.17. The third-order valence-electron chi connectivity index (χ3n) is 3.13. The smallest absolute Gasteiger partial charge is 0.0213 e. The van der Waals surface area contributed by atoms with E-state index in [1.165, 1.54) is 35.1 Å². The summed E-state index contributed by atoms with van der Waals surface area (Å²) < 4.78 is 1.21. The average Bonchev–Trinajstić information content (AvgIpc) is 2.64. The van der Waals surface area contributed by atoms with Gasteiger partial charge in [0.1, 0.15) is 0 Å². The Morgan fingerprint density at radius 3 is 2.87 bits per heavy atom. The Hall–Kier alpha value is -0.380. The number of hydrogen-bond donors (Lipinski definition) is 1. The van der Waals surface area contributed by atoms with Crippen LogP contribution in [0, 0.1) is 0 Å². The van der Waals surface area contributed by atoms with Crippen molar-refractivity contribution >= 4 is 15.9 Å². The quantitative estimate of drug-likeness (QED) is 0.892. The molecule has 15 heavy (non-hydrogen) atoms. The van der Waals surface area contributed by atoms with E-state index in [1.54, 1.807) is 0 Å². The lowest BCUT2D eigenvalue weighted by atomic mass is 9.97. The predicted molar refractivity (Wildman–Crippen MR) is 66.9 cm³/mol. The number of halogens is 1. The van der Waals surface area contributed by atoms with Crippen LogP contribution in [0.5, 0.6) is 0 Å². The van der Waals surface area contributed by atoms with Crippen molar-refractivity contribution in [2.45, 2.75) is 18.9 Å². The third-order valence-corrected chi connectivity index (χ3v) is 3.82. The monoisotopic (exact) mass is 268 g/mol. The van der Waals surface area contributed by atoms with Crippen molar-refractivity contribution in [3.8, 4) is 0 Å². The molecular formula is C12H17BrN2. The van der Waals surface area contributed by atoms with Gasteiger partial charge in [-0.25, -0.2) is 0 Å². The van der Waals surface area contributed by atoms with Gasteiger partial charge in [0.25, 0.3) is 0 Å². The molecule has 0 bridgehead atoms. The zero-order valence-electron chi connectivity index (χ0n) is 9.04. The summed E-state index contributed by atoms with van der Waals surface area (Å²) in [5.74, 6) is 0.677. The second-order valence-electron chi connectivity index (χ2n) is 4.31. The van der Waals surface area contributed by atoms with E-state index in [0.717, 1.165) is 0 Å². The standard InChI is InChI=1S/C12H17BrN2/c1-15-5-4-10(8-15)11-3-2-9(7-14)6-12(11)13/h2-3,6,10H,4-5,7-8,14H2,1H3. The molecule has 1 aromatic rings. The van der Waals surface area contributed by atoms with Gasteiger partial charge in [-0.1, -0.05) is 28.1 Å². The minimum atomic E-state index is 0.615. The maximum atomic E-state index is 5.62. The highest BCUT2D eigenvalue weighted by Gasteiger charge is 2.22. The van der Waals surface area contributed by atoms with Crippen molar-refractivity contribution in [1.29, 1.82) is 0 Å². The van der Waals surface area contributed by atoms with Gasteiger partial charge in [0.15, 0.2) is 0 Å². The van der Waals surface area contributed by atoms with Crippen molar-refractivity contribution in [2.24, 2.45) is 5.73 Å². The normalized spacial score (nSPS) is 22.2. The summed E-state index contributed by atoms with van der Waals surface area (Å²) in [6.07, 6.45) is 1.26. The summed E-state index contributed by atoms with van der Waals surface area (Å²) in [4.78, 5) is 2.38. The van der Waals surface area contributed by atoms with Crippen molar-refractivity contribution in [2.75, 3.05) is 20.1 Å². The van der Waals surface area contributed by atoms with Crippen LogP contribution in [0.3, 0.4) is 0 Å². The van der Waals surface area contributed by atoms with Gasteiger partial charge in [-0.3, -0.25) is 0 Å². The van der Waals surface area contributed by atoms with Crippen LogP contribution in [0.15, 0.2) is 22.7 Å². The lowest BCUT2D eigenvalue weighted by molar-refractivity contribution is 0.411. The van der Waals surface area contributed by atoms with E-state index in [0.29, 0.717) is 12.5 Å². The molecule has 1 heterocycles. The van der Waals surface area contributed by atoms with Gasteiger partial charge in [-0.2, -0.15) is 0 Å². The zero-order chi connectivity index (χ0) is 10.8. The second-order valence-corrected chi connectivity index (χ2v) is 5.16. The van der Waals surface area contributed by atoms with Crippen LogP contribution in [0.2, 0.25) is 0 Å². The van der Waals surface area contributed by atoms with Crippen molar-refractivity contribution in [3.05, 3.63) is 33.8 Å². The molecule has 1 aliphatic heterocycles. The van der Waals surface area contributed by atoms with Gasteiger partial charge in [-0.15, -0.1) is 0 Å². The molecule has 1 unspecified atom stereocenters. The Bertz CT molecular complexity index is 351. The summed E-state index contributed by atoms with van der Waals surface area (Å²) in [7, 11) is 2.18. The number of likely N-dealkylation sites (N-methyl/N-ethyl adjacent to an activating group) is 1. The van der Waals surface area contributed by atoms with Gasteiger partial charge in [0, 0.05) is 17.6 Å². The maximum Gasteiger partial charge on any atom is 0.0213 e. The number of likely N-dealkylation sites (tertiary alicyclic amines) is 1. The number of rotatable bonds is 2. The minimum absolute atomic E-state index is 0.615. The van der Waals surface area contributed by atoms with Gasteiger partial charge in [0.2, 0.25) is 0 Å². The highest BCUT2D eigenvalue weighted by Crippen LogP contribution is 2.32. The molecule has 0 amide bonds. The second kappa shape index (κ2) is 4.64. The third kappa shape index (κ3) is 2.41. The summed E-state index contributed by atoms with van der Waals surface area (Å²) in [6.45, 7) is 2.99. The molecule has 82 valence electrons. The van der Waals surface area contributed by atoms with E-state index in [9.17, 15) is 0 Å². The Labute approximate surface area is 99.6 Å². The molecule has 2 rings (SSSR count). The predicted octanol–water partition coefficient (Wildman–Crippen LogP) is 2.33. The van der Waals surface area contributed by atoms with Gasteiger partial charge >= 0.3 is 0 Å². The Morgan fingerprint density at radius 2 is 2.33 bits per heavy atom. The van der Waals surface area contributed by atoms with Crippen LogP contribution in [0.25, 0.3) is 0 Å². The molecule has 1 saturated heterocycles. The number of nitrogens with two attached hydrogens (primary N) is 1. The zero-order valence-corrected chi connectivity index (χ0v) is 10.6. The van der Waals surface area contributed by atoms with E-state index >= 15 is 0 Å². The van der Waals surface area contributed by atoms with Crippen molar-refractivity contribution in [3.63, 3.8) is 0 Å². The van der Waals surface area contributed by atoms with E-state index in [-0.39, 0.29) is 0 Å². The molecule has 1 atom stereocenters. The van der Waals surface area contributed by atoms with Gasteiger partial charge in [0.05, 0.1) is 0 Å². The topological polar surface area (TPSA) is 29.3 Å². The summed E-state index contributed by atoms with van der Waals surface area (Å²) in [5, 5.41) is 0. The van der Waals surface area contributed by atoms with Gasteiger partial charge in [-0.05, 0) is 43.1 Å². The molecule has 1 aromatic carbocycles.